The number of hydrogen-bond donors (Lipinski definition) is 3. The molecule has 2 amide bonds. The maximum absolute atomic E-state index is 11.8. The van der Waals surface area contributed by atoms with Gasteiger partial charge < -0.3 is 16.4 Å². The number of nitro groups is 1. The van der Waals surface area contributed by atoms with E-state index in [0.717, 1.165) is 6.42 Å². The molecule has 0 fully saturated rings. The summed E-state index contributed by atoms with van der Waals surface area (Å²) >= 11 is 0. The number of para-hydroxylation sites is 1. The van der Waals surface area contributed by atoms with Crippen LogP contribution in [0, 0.1) is 10.1 Å². The summed E-state index contributed by atoms with van der Waals surface area (Å²) in [5.74, 6) is -0.956. The van der Waals surface area contributed by atoms with Crippen LogP contribution in [-0.4, -0.2) is 29.8 Å². The Balaban J connectivity index is 2.71. The number of anilines is 1. The molecule has 1 rings (SSSR count). The Bertz CT molecular complexity index is 530. The van der Waals surface area contributed by atoms with Gasteiger partial charge in [-0.15, -0.1) is 0 Å². The number of nitrogens with two attached hydrogens (primary N) is 1. The second kappa shape index (κ2) is 7.07. The highest BCUT2D eigenvalue weighted by molar-refractivity contribution is 6.02. The molecule has 0 saturated carbocycles. The van der Waals surface area contributed by atoms with Gasteiger partial charge in [0.05, 0.1) is 17.0 Å². The van der Waals surface area contributed by atoms with Crippen molar-refractivity contribution < 1.29 is 14.5 Å². The van der Waals surface area contributed by atoms with E-state index in [2.05, 4.69) is 10.6 Å². The number of nitro benzene ring substituents is 1. The Morgan fingerprint density at radius 1 is 1.35 bits per heavy atom. The summed E-state index contributed by atoms with van der Waals surface area (Å²) in [4.78, 5) is 33.2. The lowest BCUT2D eigenvalue weighted by atomic mass is 10.1. The van der Waals surface area contributed by atoms with E-state index in [1.807, 2.05) is 6.92 Å². The van der Waals surface area contributed by atoms with E-state index in [0.29, 0.717) is 6.54 Å². The van der Waals surface area contributed by atoms with Gasteiger partial charge in [0.15, 0.2) is 0 Å². The van der Waals surface area contributed by atoms with Crippen LogP contribution in [0.1, 0.15) is 23.7 Å². The van der Waals surface area contributed by atoms with Crippen molar-refractivity contribution in [1.82, 2.24) is 10.6 Å². The van der Waals surface area contributed by atoms with Crippen LogP contribution in [0.2, 0.25) is 0 Å². The minimum Gasteiger partial charge on any atom is -0.393 e. The zero-order chi connectivity index (χ0) is 15.1. The smallest absolute Gasteiger partial charge is 0.292 e. The fourth-order valence-corrected chi connectivity index (χ4v) is 1.49. The van der Waals surface area contributed by atoms with E-state index >= 15 is 0 Å². The van der Waals surface area contributed by atoms with Gasteiger partial charge in [0.2, 0.25) is 5.91 Å². The molecule has 4 N–H and O–H groups in total. The maximum atomic E-state index is 11.8. The number of amides is 2. The first kappa shape index (κ1) is 15.4. The fourth-order valence-electron chi connectivity index (χ4n) is 1.49. The molecular weight excluding hydrogens is 264 g/mol. The molecule has 20 heavy (non-hydrogen) atoms. The van der Waals surface area contributed by atoms with Gasteiger partial charge in [-0.2, -0.15) is 0 Å². The van der Waals surface area contributed by atoms with Crippen molar-refractivity contribution in [3.8, 4) is 0 Å². The highest BCUT2D eigenvalue weighted by atomic mass is 16.6. The molecule has 8 nitrogen and oxygen atoms in total. The van der Waals surface area contributed by atoms with E-state index in [4.69, 9.17) is 5.73 Å². The molecule has 0 aliphatic rings. The molecule has 0 heterocycles. The van der Waals surface area contributed by atoms with E-state index in [1.54, 1.807) is 0 Å². The highest BCUT2D eigenvalue weighted by Crippen LogP contribution is 2.24. The van der Waals surface area contributed by atoms with Gasteiger partial charge in [-0.1, -0.05) is 13.0 Å². The molecule has 0 aliphatic carbocycles. The fraction of sp³-hybridized carbons (Fsp3) is 0.333. The molecule has 0 spiro atoms. The number of carbonyl (C=O) groups excluding carboxylic acids is 2. The second-order valence-electron chi connectivity index (χ2n) is 4.03. The van der Waals surface area contributed by atoms with Crippen molar-refractivity contribution in [2.45, 2.75) is 13.3 Å². The maximum Gasteiger partial charge on any atom is 0.292 e. The van der Waals surface area contributed by atoms with E-state index in [1.165, 1.54) is 18.2 Å². The third-order valence-corrected chi connectivity index (χ3v) is 2.51. The van der Waals surface area contributed by atoms with Crippen molar-refractivity contribution in [3.63, 3.8) is 0 Å². The third kappa shape index (κ3) is 3.94. The normalized spacial score (nSPS) is 9.85. The van der Waals surface area contributed by atoms with Crippen molar-refractivity contribution >= 4 is 23.2 Å². The molecule has 0 radical (unpaired) electrons. The number of nitrogens with zero attached hydrogens (tertiary/aromatic N) is 1. The van der Waals surface area contributed by atoms with E-state index in [9.17, 15) is 19.7 Å². The van der Waals surface area contributed by atoms with Crippen LogP contribution in [0.25, 0.3) is 0 Å². The van der Waals surface area contributed by atoms with Crippen molar-refractivity contribution in [1.29, 1.82) is 0 Å². The summed E-state index contributed by atoms with van der Waals surface area (Å²) in [6, 6.07) is 3.93. The third-order valence-electron chi connectivity index (χ3n) is 2.51. The number of rotatable bonds is 6. The molecule has 0 bridgehead atoms. The highest BCUT2D eigenvalue weighted by Gasteiger charge is 2.19. The summed E-state index contributed by atoms with van der Waals surface area (Å²) in [5, 5.41) is 15.7. The zero-order valence-electron chi connectivity index (χ0n) is 11.0. The molecule has 0 aromatic heterocycles. The average Bonchev–Trinajstić information content (AvgIpc) is 2.42. The lowest BCUT2D eigenvalue weighted by Gasteiger charge is -2.08. The first-order valence-electron chi connectivity index (χ1n) is 6.05. The summed E-state index contributed by atoms with van der Waals surface area (Å²) < 4.78 is 0. The molecule has 8 heteroatoms. The van der Waals surface area contributed by atoms with Gasteiger partial charge >= 0.3 is 0 Å². The largest absolute Gasteiger partial charge is 0.393 e. The average molecular weight is 280 g/mol. The SMILES string of the molecule is CCCNC(=O)CNC(=O)c1cccc([N+](=O)[O-])c1N. The predicted molar refractivity (Wildman–Crippen MR) is 73.1 cm³/mol. The Morgan fingerprint density at radius 3 is 2.65 bits per heavy atom. The van der Waals surface area contributed by atoms with Gasteiger partial charge in [-0.25, -0.2) is 0 Å². The quantitative estimate of drug-likeness (QED) is 0.395. The molecular formula is C12H16N4O4. The van der Waals surface area contributed by atoms with Crippen LogP contribution in [0.3, 0.4) is 0 Å². The van der Waals surface area contributed by atoms with Gasteiger partial charge in [0.1, 0.15) is 5.69 Å². The molecule has 0 atom stereocenters. The summed E-state index contributed by atoms with van der Waals surface area (Å²) in [6.45, 7) is 2.22. The Hall–Kier alpha value is -2.64. The predicted octanol–water partition coefficient (Wildman–Crippen LogP) is 0.433. The summed E-state index contributed by atoms with van der Waals surface area (Å²) in [6.07, 6.45) is 0.789. The van der Waals surface area contributed by atoms with Gasteiger partial charge in [-0.3, -0.25) is 19.7 Å². The number of hydrogen-bond acceptors (Lipinski definition) is 5. The van der Waals surface area contributed by atoms with Gasteiger partial charge in [-0.05, 0) is 12.5 Å². The monoisotopic (exact) mass is 280 g/mol. The molecule has 108 valence electrons. The number of nitrogen functional groups attached to an aromatic ring is 1. The Morgan fingerprint density at radius 2 is 2.05 bits per heavy atom. The Labute approximate surface area is 115 Å². The molecule has 1 aromatic carbocycles. The van der Waals surface area contributed by atoms with E-state index in [-0.39, 0.29) is 29.4 Å². The van der Waals surface area contributed by atoms with Crippen LogP contribution in [0.4, 0.5) is 11.4 Å². The lowest BCUT2D eigenvalue weighted by Crippen LogP contribution is -2.37. The Kier molecular flexibility index (Phi) is 5.45. The molecule has 0 saturated heterocycles. The minimum absolute atomic E-state index is 0.0255. The van der Waals surface area contributed by atoms with Gasteiger partial charge in [0, 0.05) is 12.6 Å². The summed E-state index contributed by atoms with van der Waals surface area (Å²) in [5.41, 5.74) is 4.98. The first-order valence-corrected chi connectivity index (χ1v) is 6.05. The van der Waals surface area contributed by atoms with Crippen molar-refractivity contribution in [2.75, 3.05) is 18.8 Å². The summed E-state index contributed by atoms with van der Waals surface area (Å²) in [7, 11) is 0. The number of nitrogens with one attached hydrogen (secondary N) is 2. The second-order valence-corrected chi connectivity index (χ2v) is 4.03. The molecule has 1 aromatic rings. The topological polar surface area (TPSA) is 127 Å². The first-order chi connectivity index (χ1) is 9.47. The molecule has 0 unspecified atom stereocenters. The minimum atomic E-state index is -0.667. The van der Waals surface area contributed by atoms with Crippen LogP contribution in [0.5, 0.6) is 0 Å². The number of carbonyl (C=O) groups is 2. The van der Waals surface area contributed by atoms with Gasteiger partial charge in [0.25, 0.3) is 11.6 Å². The number of benzene rings is 1. The van der Waals surface area contributed by atoms with Crippen molar-refractivity contribution in [2.24, 2.45) is 0 Å². The van der Waals surface area contributed by atoms with Crippen LogP contribution >= 0.6 is 0 Å². The van der Waals surface area contributed by atoms with Crippen LogP contribution in [0.15, 0.2) is 18.2 Å². The van der Waals surface area contributed by atoms with Crippen LogP contribution in [-0.2, 0) is 4.79 Å². The van der Waals surface area contributed by atoms with Crippen LogP contribution < -0.4 is 16.4 Å². The molecule has 0 aliphatic heterocycles. The van der Waals surface area contributed by atoms with E-state index < -0.39 is 10.8 Å². The lowest BCUT2D eigenvalue weighted by molar-refractivity contribution is -0.383. The van der Waals surface area contributed by atoms with Crippen molar-refractivity contribution in [3.05, 3.63) is 33.9 Å². The zero-order valence-corrected chi connectivity index (χ0v) is 11.0. The standard InChI is InChI=1S/C12H16N4O4/c1-2-6-14-10(17)7-15-12(18)8-4-3-5-9(11(8)13)16(19)20/h3-5H,2,6-7,13H2,1H3,(H,14,17)(H,15,18).